The van der Waals surface area contributed by atoms with Crippen LogP contribution in [0.25, 0.3) is 10.2 Å². The van der Waals surface area contributed by atoms with Gasteiger partial charge in [0, 0.05) is 30.1 Å². The number of thiol groups is 2. The first kappa shape index (κ1) is 20.2. The highest BCUT2D eigenvalue weighted by atomic mass is 32.1. The Balaban J connectivity index is 1.92. The van der Waals surface area contributed by atoms with Crippen LogP contribution in [-0.2, 0) is 11.3 Å². The molecule has 5 nitrogen and oxygen atoms in total. The predicted octanol–water partition coefficient (Wildman–Crippen LogP) is 3.53. The molecular formula is C17H24N2O3S3. The normalized spacial score (nSPS) is 13.6. The smallest absolute Gasteiger partial charge is 0.410 e. The molecule has 0 saturated carbocycles. The topological polar surface area (TPSA) is 51.5 Å². The summed E-state index contributed by atoms with van der Waals surface area (Å²) >= 11 is 9.77. The minimum absolute atomic E-state index is 0.0153. The average Bonchev–Trinajstić information content (AvgIpc) is 2.93. The first-order chi connectivity index (χ1) is 12.0. The Morgan fingerprint density at radius 3 is 2.52 bits per heavy atom. The number of aromatic nitrogens is 1. The zero-order chi connectivity index (χ0) is 18.4. The third-order valence-electron chi connectivity index (χ3n) is 4.01. The van der Waals surface area contributed by atoms with Gasteiger partial charge in [0.15, 0.2) is 0 Å². The van der Waals surface area contributed by atoms with E-state index in [1.54, 1.807) is 9.47 Å². The highest BCUT2D eigenvalue weighted by molar-refractivity contribution is 7.80. The molecule has 1 heterocycles. The van der Waals surface area contributed by atoms with E-state index in [-0.39, 0.29) is 29.7 Å². The average molecular weight is 401 g/mol. The molecule has 8 heteroatoms. The molecule has 138 valence electrons. The molecule has 0 fully saturated rings. The lowest BCUT2D eigenvalue weighted by molar-refractivity contribution is 0.0792. The lowest BCUT2D eigenvalue weighted by Crippen LogP contribution is -2.46. The van der Waals surface area contributed by atoms with E-state index in [2.05, 4.69) is 25.3 Å². The van der Waals surface area contributed by atoms with Crippen LogP contribution in [0.15, 0.2) is 29.1 Å². The molecule has 2 atom stereocenters. The Labute approximate surface area is 162 Å². The largest absolute Gasteiger partial charge is 0.449 e. The summed E-state index contributed by atoms with van der Waals surface area (Å²) in [7, 11) is 0. The molecule has 0 N–H and O–H groups in total. The van der Waals surface area contributed by atoms with Crippen molar-refractivity contribution in [2.75, 3.05) is 18.1 Å². The highest BCUT2D eigenvalue weighted by Crippen LogP contribution is 2.17. The van der Waals surface area contributed by atoms with E-state index in [1.165, 1.54) is 11.3 Å². The summed E-state index contributed by atoms with van der Waals surface area (Å²) in [5, 5.41) is 0. The first-order valence-corrected chi connectivity index (χ1v) is 10.3. The number of fused-ring (bicyclic) bond motifs is 1. The summed E-state index contributed by atoms with van der Waals surface area (Å²) in [4.78, 5) is 26.1. The van der Waals surface area contributed by atoms with Crippen molar-refractivity contribution in [3.8, 4) is 0 Å². The van der Waals surface area contributed by atoms with Gasteiger partial charge in [-0.1, -0.05) is 23.5 Å². The molecule has 0 aliphatic heterocycles. The molecule has 2 unspecified atom stereocenters. The quantitative estimate of drug-likeness (QED) is 0.526. The third-order valence-corrected chi connectivity index (χ3v) is 6.03. The van der Waals surface area contributed by atoms with Gasteiger partial charge in [-0.25, -0.2) is 4.79 Å². The van der Waals surface area contributed by atoms with E-state index in [0.717, 1.165) is 10.2 Å². The number of amides is 1. The molecule has 0 saturated heterocycles. The van der Waals surface area contributed by atoms with E-state index in [4.69, 9.17) is 4.74 Å². The number of ether oxygens (including phenoxy) is 1. The van der Waals surface area contributed by atoms with Gasteiger partial charge in [0.05, 0.1) is 16.8 Å². The fourth-order valence-corrected chi connectivity index (χ4v) is 3.92. The SMILES string of the molecule is CC(CS)N(C(=O)OCCCn1c(=O)sc2ccccc21)C(C)CS. The lowest BCUT2D eigenvalue weighted by Gasteiger charge is -2.32. The van der Waals surface area contributed by atoms with Crippen molar-refractivity contribution in [1.82, 2.24) is 9.47 Å². The number of carbonyl (C=O) groups is 1. The summed E-state index contributed by atoms with van der Waals surface area (Å²) in [6.07, 6.45) is 0.232. The van der Waals surface area contributed by atoms with Gasteiger partial charge >= 0.3 is 11.0 Å². The van der Waals surface area contributed by atoms with Crippen LogP contribution in [0.2, 0.25) is 0 Å². The van der Waals surface area contributed by atoms with Gasteiger partial charge in [-0.3, -0.25) is 9.36 Å². The molecule has 2 rings (SSSR count). The van der Waals surface area contributed by atoms with Crippen LogP contribution in [0.3, 0.4) is 0 Å². The Kier molecular flexibility index (Phi) is 7.71. The van der Waals surface area contributed by atoms with E-state index in [0.29, 0.717) is 24.5 Å². The maximum Gasteiger partial charge on any atom is 0.410 e. The predicted molar refractivity (Wildman–Crippen MR) is 111 cm³/mol. The van der Waals surface area contributed by atoms with Gasteiger partial charge in [-0.2, -0.15) is 25.3 Å². The number of hydrogen-bond donors (Lipinski definition) is 2. The Morgan fingerprint density at radius 2 is 1.88 bits per heavy atom. The first-order valence-electron chi connectivity index (χ1n) is 8.24. The molecule has 1 aromatic carbocycles. The van der Waals surface area contributed by atoms with Crippen molar-refractivity contribution in [3.63, 3.8) is 0 Å². The molecule has 0 aliphatic carbocycles. The second-order valence-electron chi connectivity index (χ2n) is 5.93. The Hall–Kier alpha value is -1.12. The number of aryl methyl sites for hydroxylation is 1. The van der Waals surface area contributed by atoms with Crippen molar-refractivity contribution in [2.24, 2.45) is 0 Å². The van der Waals surface area contributed by atoms with Crippen LogP contribution in [0.5, 0.6) is 0 Å². The maximum absolute atomic E-state index is 12.4. The Bertz CT molecular complexity index is 749. The lowest BCUT2D eigenvalue weighted by atomic mass is 10.2. The van der Waals surface area contributed by atoms with E-state index in [9.17, 15) is 9.59 Å². The van der Waals surface area contributed by atoms with Gasteiger partial charge < -0.3 is 9.64 Å². The van der Waals surface area contributed by atoms with Gasteiger partial charge in [-0.15, -0.1) is 0 Å². The monoisotopic (exact) mass is 400 g/mol. The van der Waals surface area contributed by atoms with Gasteiger partial charge in [-0.05, 0) is 32.4 Å². The van der Waals surface area contributed by atoms with Crippen LogP contribution in [-0.4, -0.2) is 45.8 Å². The minimum Gasteiger partial charge on any atom is -0.449 e. The van der Waals surface area contributed by atoms with Crippen molar-refractivity contribution in [3.05, 3.63) is 33.9 Å². The van der Waals surface area contributed by atoms with Crippen molar-refractivity contribution >= 4 is 52.9 Å². The van der Waals surface area contributed by atoms with Crippen LogP contribution in [0.4, 0.5) is 4.79 Å². The number of rotatable bonds is 8. The van der Waals surface area contributed by atoms with Crippen LogP contribution in [0, 0.1) is 0 Å². The zero-order valence-corrected chi connectivity index (χ0v) is 17.0. The molecule has 0 spiro atoms. The molecule has 1 aromatic heterocycles. The van der Waals surface area contributed by atoms with E-state index >= 15 is 0 Å². The second-order valence-corrected chi connectivity index (χ2v) is 7.65. The Morgan fingerprint density at radius 1 is 1.24 bits per heavy atom. The summed E-state index contributed by atoms with van der Waals surface area (Å²) in [6.45, 7) is 4.67. The summed E-state index contributed by atoms with van der Waals surface area (Å²) in [6, 6.07) is 7.66. The zero-order valence-electron chi connectivity index (χ0n) is 14.4. The van der Waals surface area contributed by atoms with Gasteiger partial charge in [0.2, 0.25) is 0 Å². The molecule has 0 aliphatic rings. The third kappa shape index (κ3) is 4.95. The molecule has 25 heavy (non-hydrogen) atoms. The summed E-state index contributed by atoms with van der Waals surface area (Å²) in [5.41, 5.74) is 0.929. The summed E-state index contributed by atoms with van der Waals surface area (Å²) < 4.78 is 8.11. The number of para-hydroxylation sites is 1. The van der Waals surface area contributed by atoms with E-state index < -0.39 is 0 Å². The van der Waals surface area contributed by atoms with Crippen molar-refractivity contribution in [1.29, 1.82) is 0 Å². The maximum atomic E-state index is 12.4. The molecule has 1 amide bonds. The van der Waals surface area contributed by atoms with Crippen LogP contribution >= 0.6 is 36.6 Å². The number of carbonyl (C=O) groups excluding carboxylic acids is 1. The van der Waals surface area contributed by atoms with Gasteiger partial charge in [0.25, 0.3) is 0 Å². The van der Waals surface area contributed by atoms with Crippen LogP contribution < -0.4 is 4.87 Å². The fraction of sp³-hybridized carbons (Fsp3) is 0.529. The van der Waals surface area contributed by atoms with E-state index in [1.807, 2.05) is 38.1 Å². The van der Waals surface area contributed by atoms with Crippen molar-refractivity contribution < 1.29 is 9.53 Å². The van der Waals surface area contributed by atoms with Crippen LogP contribution in [0.1, 0.15) is 20.3 Å². The van der Waals surface area contributed by atoms with Crippen molar-refractivity contribution in [2.45, 2.75) is 38.9 Å². The molecule has 2 aromatic rings. The minimum atomic E-state index is -0.356. The molecular weight excluding hydrogens is 376 g/mol. The highest BCUT2D eigenvalue weighted by Gasteiger charge is 2.25. The fourth-order valence-electron chi connectivity index (χ4n) is 2.65. The number of hydrogen-bond acceptors (Lipinski definition) is 6. The van der Waals surface area contributed by atoms with Gasteiger partial charge in [0.1, 0.15) is 0 Å². The number of benzene rings is 1. The summed E-state index contributed by atoms with van der Waals surface area (Å²) in [5.74, 6) is 1.12. The molecule has 0 radical (unpaired) electrons. The number of thiazole rings is 1. The second kappa shape index (κ2) is 9.54. The number of nitrogens with zero attached hydrogens (tertiary/aromatic N) is 2. The standard InChI is InChI=1S/C17H24N2O3S3/c1-12(10-23)19(13(2)11-24)16(20)22-9-5-8-18-14-6-3-4-7-15(14)25-17(18)21/h3-4,6-7,12-13,23-24H,5,8-11H2,1-2H3. The molecule has 0 bridgehead atoms.